The Kier molecular flexibility index (Phi) is 6.66. The van der Waals surface area contributed by atoms with Gasteiger partial charge in [-0.05, 0) is 73.0 Å². The molecule has 2 atom stereocenters. The molecule has 0 fully saturated rings. The number of aryl methyl sites for hydroxylation is 3. The normalized spacial score (nSPS) is 18.5. The van der Waals surface area contributed by atoms with Crippen LogP contribution in [-0.2, 0) is 27.8 Å². The molecule has 3 aromatic rings. The molecule has 0 saturated carbocycles. The third kappa shape index (κ3) is 4.03. The Morgan fingerprint density at radius 3 is 1.91 bits per heavy atom. The first kappa shape index (κ1) is 23.5. The van der Waals surface area contributed by atoms with E-state index in [9.17, 15) is 9.59 Å². The van der Waals surface area contributed by atoms with E-state index in [-0.39, 0.29) is 12.1 Å². The van der Waals surface area contributed by atoms with Crippen LogP contribution in [0.25, 0.3) is 0 Å². The standard InChI is InChI=1S/C26H27N5O3/c1-16(28-14-32)19-6-8-23-21(12-19)4-5-22-13-20(17(2)29-15-33)7-9-24(22)26(23,10-11-27)25-31-30-18(3)34-25/h6-9,12-13,16-17H,4-5,10-11,27H2,1-3H3. The lowest BCUT2D eigenvalue weighted by Crippen LogP contribution is -2.34. The molecule has 8 heteroatoms. The van der Waals surface area contributed by atoms with Gasteiger partial charge in [-0.15, -0.1) is 10.2 Å². The molecular weight excluding hydrogens is 430 g/mol. The summed E-state index contributed by atoms with van der Waals surface area (Å²) < 4.78 is 6.06. The first-order valence-corrected chi connectivity index (χ1v) is 11.4. The van der Waals surface area contributed by atoms with E-state index in [0.717, 1.165) is 46.2 Å². The van der Waals surface area contributed by atoms with E-state index in [1.165, 1.54) is 0 Å². The fourth-order valence-corrected chi connectivity index (χ4v) is 5.01. The maximum absolute atomic E-state index is 10.8. The number of fused-ring (bicyclic) bond motifs is 2. The Morgan fingerprint density at radius 1 is 0.971 bits per heavy atom. The maximum atomic E-state index is 10.8. The molecule has 0 spiro atoms. The lowest BCUT2D eigenvalue weighted by atomic mass is 9.69. The van der Waals surface area contributed by atoms with Crippen LogP contribution in [0.5, 0.6) is 0 Å². The zero-order valence-electron chi connectivity index (χ0n) is 19.5. The number of rotatable bonds is 7. The number of isocyanates is 2. The van der Waals surface area contributed by atoms with Crippen molar-refractivity contribution in [3.63, 3.8) is 0 Å². The highest BCUT2D eigenvalue weighted by Gasteiger charge is 2.45. The summed E-state index contributed by atoms with van der Waals surface area (Å²) in [4.78, 5) is 29.4. The molecule has 34 heavy (non-hydrogen) atoms. The molecule has 1 aromatic heterocycles. The molecular formula is C26H27N5O3. The van der Waals surface area contributed by atoms with Gasteiger partial charge in [0.15, 0.2) is 0 Å². The second-order valence-electron chi connectivity index (χ2n) is 8.70. The van der Waals surface area contributed by atoms with Crippen LogP contribution in [0.1, 0.15) is 77.5 Å². The highest BCUT2D eigenvalue weighted by molar-refractivity contribution is 5.56. The van der Waals surface area contributed by atoms with Crippen molar-refractivity contribution in [1.29, 1.82) is 0 Å². The molecule has 1 aliphatic carbocycles. The van der Waals surface area contributed by atoms with Crippen molar-refractivity contribution in [2.45, 2.75) is 57.5 Å². The van der Waals surface area contributed by atoms with Crippen LogP contribution in [0.4, 0.5) is 0 Å². The van der Waals surface area contributed by atoms with Crippen LogP contribution in [0, 0.1) is 6.92 Å². The average molecular weight is 458 g/mol. The van der Waals surface area contributed by atoms with Gasteiger partial charge in [0.1, 0.15) is 5.41 Å². The van der Waals surface area contributed by atoms with E-state index in [2.05, 4.69) is 44.4 Å². The highest BCUT2D eigenvalue weighted by atomic mass is 16.4. The Labute approximate surface area is 198 Å². The molecule has 0 aliphatic heterocycles. The largest absolute Gasteiger partial charge is 0.424 e. The quantitative estimate of drug-likeness (QED) is 0.423. The lowest BCUT2D eigenvalue weighted by molar-refractivity contribution is 0.383. The summed E-state index contributed by atoms with van der Waals surface area (Å²) in [5.74, 6) is 0.980. The third-order valence-corrected chi connectivity index (χ3v) is 6.71. The minimum atomic E-state index is -0.734. The Hall–Kier alpha value is -3.70. The first-order valence-electron chi connectivity index (χ1n) is 11.4. The molecule has 0 bridgehead atoms. The molecule has 174 valence electrons. The van der Waals surface area contributed by atoms with Gasteiger partial charge in [0.05, 0.1) is 12.1 Å². The summed E-state index contributed by atoms with van der Waals surface area (Å²) in [7, 11) is 0. The van der Waals surface area contributed by atoms with E-state index in [0.29, 0.717) is 24.7 Å². The van der Waals surface area contributed by atoms with Crippen LogP contribution in [-0.4, -0.2) is 28.9 Å². The Bertz CT molecular complexity index is 1230. The fraction of sp³-hybridized carbons (Fsp3) is 0.385. The molecule has 2 N–H and O–H groups in total. The SMILES string of the molecule is Cc1nnc(C2(CCN)c3ccc(C(C)N=C=O)cc3CCc3cc(C(C)N=C=O)ccc32)o1. The second kappa shape index (κ2) is 9.65. The molecule has 8 nitrogen and oxygen atoms in total. The zero-order chi connectivity index (χ0) is 24.3. The van der Waals surface area contributed by atoms with Gasteiger partial charge < -0.3 is 10.2 Å². The van der Waals surface area contributed by atoms with Gasteiger partial charge in [0, 0.05) is 6.92 Å². The number of carbonyl (C=O) groups excluding carboxylic acids is 2. The highest BCUT2D eigenvalue weighted by Crippen LogP contribution is 2.47. The molecule has 1 heterocycles. The number of benzene rings is 2. The summed E-state index contributed by atoms with van der Waals surface area (Å²) in [5.41, 5.74) is 11.7. The number of aromatic nitrogens is 2. The topological polar surface area (TPSA) is 124 Å². The average Bonchev–Trinajstić information content (AvgIpc) is 3.22. The number of aliphatic imine (C=N–C) groups is 2. The number of hydrogen-bond donors (Lipinski definition) is 1. The van der Waals surface area contributed by atoms with E-state index in [1.807, 2.05) is 26.0 Å². The van der Waals surface area contributed by atoms with Gasteiger partial charge in [0.2, 0.25) is 23.9 Å². The maximum Gasteiger partial charge on any atom is 0.235 e. The molecule has 4 rings (SSSR count). The van der Waals surface area contributed by atoms with Gasteiger partial charge >= 0.3 is 0 Å². The molecule has 2 unspecified atom stereocenters. The first-order chi connectivity index (χ1) is 16.4. The minimum Gasteiger partial charge on any atom is -0.424 e. The van der Waals surface area contributed by atoms with Crippen molar-refractivity contribution in [2.75, 3.05) is 6.54 Å². The van der Waals surface area contributed by atoms with Crippen LogP contribution in [0.3, 0.4) is 0 Å². The van der Waals surface area contributed by atoms with Gasteiger partial charge in [-0.3, -0.25) is 0 Å². The predicted molar refractivity (Wildman–Crippen MR) is 126 cm³/mol. The van der Waals surface area contributed by atoms with Gasteiger partial charge in [-0.1, -0.05) is 36.4 Å². The molecule has 2 aromatic carbocycles. The number of nitrogens with zero attached hydrogens (tertiary/aromatic N) is 4. The smallest absolute Gasteiger partial charge is 0.235 e. The van der Waals surface area contributed by atoms with Crippen molar-refractivity contribution in [3.05, 3.63) is 81.6 Å². The molecule has 0 saturated heterocycles. The summed E-state index contributed by atoms with van der Waals surface area (Å²) in [5, 5.41) is 8.59. The van der Waals surface area contributed by atoms with Crippen LogP contribution >= 0.6 is 0 Å². The Balaban J connectivity index is 2.00. The zero-order valence-corrected chi connectivity index (χ0v) is 19.5. The summed E-state index contributed by atoms with van der Waals surface area (Å²) in [6.45, 7) is 5.92. The van der Waals surface area contributed by atoms with Crippen molar-refractivity contribution in [2.24, 2.45) is 15.7 Å². The van der Waals surface area contributed by atoms with E-state index >= 15 is 0 Å². The van der Waals surface area contributed by atoms with Crippen molar-refractivity contribution in [1.82, 2.24) is 10.2 Å². The van der Waals surface area contributed by atoms with Crippen molar-refractivity contribution < 1.29 is 14.0 Å². The van der Waals surface area contributed by atoms with Gasteiger partial charge in [0.25, 0.3) is 0 Å². The van der Waals surface area contributed by atoms with Crippen LogP contribution in [0.2, 0.25) is 0 Å². The summed E-state index contributed by atoms with van der Waals surface area (Å²) in [6.07, 6.45) is 5.41. The van der Waals surface area contributed by atoms with Gasteiger partial charge in [-0.25, -0.2) is 9.59 Å². The van der Waals surface area contributed by atoms with E-state index in [1.54, 1.807) is 19.1 Å². The van der Waals surface area contributed by atoms with Crippen molar-refractivity contribution in [3.8, 4) is 0 Å². The fourth-order valence-electron chi connectivity index (χ4n) is 5.01. The van der Waals surface area contributed by atoms with E-state index < -0.39 is 5.41 Å². The van der Waals surface area contributed by atoms with Crippen molar-refractivity contribution >= 4 is 12.2 Å². The lowest BCUT2D eigenvalue weighted by Gasteiger charge is -2.33. The predicted octanol–water partition coefficient (Wildman–Crippen LogP) is 3.95. The Morgan fingerprint density at radius 2 is 1.50 bits per heavy atom. The number of nitrogens with two attached hydrogens (primary N) is 1. The molecule has 1 aliphatic rings. The van der Waals surface area contributed by atoms with Gasteiger partial charge in [-0.2, -0.15) is 9.98 Å². The second-order valence-corrected chi connectivity index (χ2v) is 8.70. The summed E-state index contributed by atoms with van der Waals surface area (Å²) >= 11 is 0. The molecule has 0 amide bonds. The third-order valence-electron chi connectivity index (χ3n) is 6.71. The monoisotopic (exact) mass is 457 g/mol. The van der Waals surface area contributed by atoms with E-state index in [4.69, 9.17) is 10.2 Å². The number of hydrogen-bond acceptors (Lipinski definition) is 8. The minimum absolute atomic E-state index is 0.295. The van der Waals surface area contributed by atoms with Crippen LogP contribution in [0.15, 0.2) is 50.8 Å². The van der Waals surface area contributed by atoms with Crippen LogP contribution < -0.4 is 5.73 Å². The summed E-state index contributed by atoms with van der Waals surface area (Å²) in [6, 6.07) is 11.7. The molecule has 0 radical (unpaired) electrons.